The lowest BCUT2D eigenvalue weighted by Crippen LogP contribution is -2.63. The van der Waals surface area contributed by atoms with Gasteiger partial charge >= 0.3 is 17.9 Å². The fourth-order valence-corrected chi connectivity index (χ4v) is 2.75. The van der Waals surface area contributed by atoms with E-state index < -0.39 is 55.0 Å². The van der Waals surface area contributed by atoms with E-state index in [-0.39, 0.29) is 25.7 Å². The van der Waals surface area contributed by atoms with Gasteiger partial charge in [-0.15, -0.1) is 0 Å². The third-order valence-corrected chi connectivity index (χ3v) is 3.92. The van der Waals surface area contributed by atoms with E-state index in [1.165, 1.54) is 20.8 Å². The molecule has 1 heterocycles. The quantitative estimate of drug-likeness (QED) is 0.359. The molecule has 0 aliphatic carbocycles. The van der Waals surface area contributed by atoms with Crippen LogP contribution in [0, 0.1) is 5.92 Å². The van der Waals surface area contributed by atoms with E-state index in [4.69, 9.17) is 28.8 Å². The number of amides is 1. The van der Waals surface area contributed by atoms with Gasteiger partial charge in [-0.1, -0.05) is 6.92 Å². The van der Waals surface area contributed by atoms with E-state index in [1.807, 2.05) is 0 Å². The molecule has 160 valence electrons. The molecule has 1 aliphatic heterocycles. The van der Waals surface area contributed by atoms with Crippen LogP contribution in [0.1, 0.15) is 27.7 Å². The lowest BCUT2D eigenvalue weighted by atomic mass is 9.89. The molecule has 0 bridgehead atoms. The van der Waals surface area contributed by atoms with Gasteiger partial charge < -0.3 is 34.1 Å². The van der Waals surface area contributed by atoms with Crippen molar-refractivity contribution in [3.8, 4) is 0 Å². The average Bonchev–Trinajstić information content (AvgIpc) is 2.57. The first-order valence-electron chi connectivity index (χ1n) is 8.76. The van der Waals surface area contributed by atoms with Crippen molar-refractivity contribution in [2.75, 3.05) is 26.4 Å². The molecular formula is C17H27NO10. The van der Waals surface area contributed by atoms with Crippen molar-refractivity contribution in [1.82, 2.24) is 5.32 Å². The van der Waals surface area contributed by atoms with E-state index in [0.29, 0.717) is 0 Å². The number of ether oxygens (including phenoxy) is 5. The number of esters is 2. The summed E-state index contributed by atoms with van der Waals surface area (Å²) >= 11 is 0. The summed E-state index contributed by atoms with van der Waals surface area (Å²) in [4.78, 5) is 44.8. The molecule has 1 rings (SSSR count). The molecule has 0 aromatic heterocycles. The normalized spacial score (nSPS) is 26.9. The summed E-state index contributed by atoms with van der Waals surface area (Å²) < 4.78 is 26.7. The summed E-state index contributed by atoms with van der Waals surface area (Å²) in [5.74, 6) is -2.96. The maximum atomic E-state index is 11.6. The van der Waals surface area contributed by atoms with Crippen molar-refractivity contribution in [3.05, 3.63) is 0 Å². The maximum Gasteiger partial charge on any atom is 0.329 e. The first-order chi connectivity index (χ1) is 13.1. The van der Waals surface area contributed by atoms with Gasteiger partial charge in [0.05, 0.1) is 13.2 Å². The summed E-state index contributed by atoms with van der Waals surface area (Å²) in [6.07, 6.45) is -2.47. The molecule has 0 aromatic rings. The monoisotopic (exact) mass is 405 g/mol. The molecule has 0 saturated carbocycles. The second-order valence-electron chi connectivity index (χ2n) is 6.32. The Kier molecular flexibility index (Phi) is 9.83. The molecule has 0 aromatic carbocycles. The Morgan fingerprint density at radius 2 is 1.75 bits per heavy atom. The van der Waals surface area contributed by atoms with Crippen molar-refractivity contribution in [1.29, 1.82) is 0 Å². The highest BCUT2D eigenvalue weighted by Gasteiger charge is 2.47. The van der Waals surface area contributed by atoms with Gasteiger partial charge in [-0.3, -0.25) is 14.4 Å². The van der Waals surface area contributed by atoms with E-state index in [2.05, 4.69) is 5.32 Å². The fourth-order valence-electron chi connectivity index (χ4n) is 2.75. The number of hydrogen-bond donors (Lipinski definition) is 2. The molecule has 0 radical (unpaired) electrons. The number of rotatable bonds is 10. The van der Waals surface area contributed by atoms with Crippen LogP contribution in [0.4, 0.5) is 0 Å². The Bertz CT molecular complexity index is 566. The first-order valence-corrected chi connectivity index (χ1v) is 8.76. The lowest BCUT2D eigenvalue weighted by Gasteiger charge is -2.44. The zero-order valence-corrected chi connectivity index (χ0v) is 16.3. The Morgan fingerprint density at radius 3 is 2.29 bits per heavy atom. The number of carbonyl (C=O) groups is 4. The van der Waals surface area contributed by atoms with Crippen molar-refractivity contribution in [2.24, 2.45) is 5.92 Å². The van der Waals surface area contributed by atoms with Crippen LogP contribution < -0.4 is 5.32 Å². The van der Waals surface area contributed by atoms with Crippen molar-refractivity contribution >= 4 is 23.8 Å². The molecule has 0 spiro atoms. The van der Waals surface area contributed by atoms with Gasteiger partial charge in [0, 0.05) is 26.7 Å². The topological polar surface area (TPSA) is 147 Å². The lowest BCUT2D eigenvalue weighted by molar-refractivity contribution is -0.261. The highest BCUT2D eigenvalue weighted by atomic mass is 16.7. The van der Waals surface area contributed by atoms with Gasteiger partial charge in [-0.25, -0.2) is 4.79 Å². The predicted octanol–water partition coefficient (Wildman–Crippen LogP) is -0.535. The van der Waals surface area contributed by atoms with Gasteiger partial charge in [0.1, 0.15) is 31.5 Å². The number of hydrogen-bond acceptors (Lipinski definition) is 9. The van der Waals surface area contributed by atoms with Crippen LogP contribution in [-0.2, 0) is 42.9 Å². The molecule has 11 heteroatoms. The molecule has 28 heavy (non-hydrogen) atoms. The van der Waals surface area contributed by atoms with Crippen LogP contribution in [-0.4, -0.2) is 79.9 Å². The SMILES string of the molecule is CC(=O)N[C@H]1[C@H](OCCOCC(=O)O)O[C@H](COC(C)=O)[C@H](C)[C@@H]1OC(C)=O. The van der Waals surface area contributed by atoms with Gasteiger partial charge in [0.25, 0.3) is 0 Å². The van der Waals surface area contributed by atoms with Gasteiger partial charge in [-0.2, -0.15) is 0 Å². The van der Waals surface area contributed by atoms with Gasteiger partial charge in [0.15, 0.2) is 6.29 Å². The highest BCUT2D eigenvalue weighted by molar-refractivity contribution is 5.73. The molecule has 1 saturated heterocycles. The third-order valence-electron chi connectivity index (χ3n) is 3.92. The molecule has 5 atom stereocenters. The van der Waals surface area contributed by atoms with Crippen molar-refractivity contribution < 1.29 is 48.0 Å². The average molecular weight is 405 g/mol. The molecule has 11 nitrogen and oxygen atoms in total. The Balaban J connectivity index is 2.89. The first kappa shape index (κ1) is 23.8. The van der Waals surface area contributed by atoms with Crippen molar-refractivity contribution in [2.45, 2.75) is 52.2 Å². The molecule has 1 fully saturated rings. The molecule has 0 unspecified atom stereocenters. The van der Waals surface area contributed by atoms with E-state index >= 15 is 0 Å². The fraction of sp³-hybridized carbons (Fsp3) is 0.765. The van der Waals surface area contributed by atoms with Gasteiger partial charge in [-0.05, 0) is 0 Å². The summed E-state index contributed by atoms with van der Waals surface area (Å²) in [6.45, 7) is 4.91. The molecule has 1 amide bonds. The Hall–Kier alpha value is -2.24. The zero-order chi connectivity index (χ0) is 21.3. The standard InChI is InChI=1S/C17H27NO10/c1-9-13(7-26-11(3)20)28-17(25-6-5-24-8-14(22)23)15(18-10(2)19)16(9)27-12(4)21/h9,13,15-17H,5-8H2,1-4H3,(H,18,19)(H,22,23)/t9-,13+,15+,16-,17+/m0/s1. The van der Waals surface area contributed by atoms with Crippen LogP contribution in [0.15, 0.2) is 0 Å². The molecule has 2 N–H and O–H groups in total. The van der Waals surface area contributed by atoms with Crippen LogP contribution in [0.25, 0.3) is 0 Å². The number of carboxylic acids is 1. The minimum absolute atomic E-state index is 0.0264. The summed E-state index contributed by atoms with van der Waals surface area (Å²) in [5, 5.41) is 11.2. The minimum Gasteiger partial charge on any atom is -0.480 e. The second-order valence-corrected chi connectivity index (χ2v) is 6.32. The summed E-state index contributed by atoms with van der Waals surface area (Å²) in [6, 6.07) is -0.815. The summed E-state index contributed by atoms with van der Waals surface area (Å²) in [5.41, 5.74) is 0. The third kappa shape index (κ3) is 8.19. The number of aliphatic carboxylic acids is 1. The zero-order valence-electron chi connectivity index (χ0n) is 16.3. The van der Waals surface area contributed by atoms with Crippen LogP contribution in [0.2, 0.25) is 0 Å². The number of carbonyl (C=O) groups excluding carboxylic acids is 3. The van der Waals surface area contributed by atoms with E-state index in [1.54, 1.807) is 6.92 Å². The van der Waals surface area contributed by atoms with Crippen LogP contribution >= 0.6 is 0 Å². The van der Waals surface area contributed by atoms with Crippen molar-refractivity contribution in [3.63, 3.8) is 0 Å². The second kappa shape index (κ2) is 11.6. The Morgan fingerprint density at radius 1 is 1.07 bits per heavy atom. The summed E-state index contributed by atoms with van der Waals surface area (Å²) in [7, 11) is 0. The number of nitrogens with one attached hydrogen (secondary N) is 1. The van der Waals surface area contributed by atoms with Crippen LogP contribution in [0.5, 0.6) is 0 Å². The van der Waals surface area contributed by atoms with E-state index in [0.717, 1.165) is 0 Å². The largest absolute Gasteiger partial charge is 0.480 e. The smallest absolute Gasteiger partial charge is 0.329 e. The van der Waals surface area contributed by atoms with Crippen LogP contribution in [0.3, 0.4) is 0 Å². The minimum atomic E-state index is -1.12. The number of carboxylic acid groups (broad SMARTS) is 1. The Labute approximate surface area is 162 Å². The molecule has 1 aliphatic rings. The maximum absolute atomic E-state index is 11.6. The predicted molar refractivity (Wildman–Crippen MR) is 92.0 cm³/mol. The molecular weight excluding hydrogens is 378 g/mol. The van der Waals surface area contributed by atoms with E-state index in [9.17, 15) is 19.2 Å². The van der Waals surface area contributed by atoms with Gasteiger partial charge in [0.2, 0.25) is 5.91 Å². The highest BCUT2D eigenvalue weighted by Crippen LogP contribution is 2.29.